The van der Waals surface area contributed by atoms with Gasteiger partial charge in [-0.25, -0.2) is 22.8 Å². The van der Waals surface area contributed by atoms with Crippen molar-refractivity contribution in [2.45, 2.75) is 13.1 Å². The average molecular weight is 615 g/mol. The number of hydrogen-bond acceptors (Lipinski definition) is 8. The van der Waals surface area contributed by atoms with Gasteiger partial charge in [0.15, 0.2) is 11.6 Å². The maximum absolute atomic E-state index is 14.9. The van der Waals surface area contributed by atoms with Gasteiger partial charge in [-0.2, -0.15) is 5.10 Å². The molecule has 0 aliphatic rings. The fraction of sp³-hybridized carbons (Fsp3) is 0.133. The van der Waals surface area contributed by atoms with E-state index in [1.54, 1.807) is 48.8 Å². The van der Waals surface area contributed by atoms with E-state index in [2.05, 4.69) is 20.6 Å². The number of nitrogens with zero attached hydrogens (tertiary/aromatic N) is 7. The van der Waals surface area contributed by atoms with Crippen LogP contribution in [0, 0.1) is 11.6 Å². The fourth-order valence-electron chi connectivity index (χ4n) is 4.90. The third-order valence-corrected chi connectivity index (χ3v) is 8.21. The lowest BCUT2D eigenvalue weighted by molar-refractivity contribution is -0.105. The number of halogens is 2. The van der Waals surface area contributed by atoms with E-state index >= 15 is 0 Å². The molecule has 222 valence electrons. The Morgan fingerprint density at radius 3 is 2.25 bits per heavy atom. The predicted molar refractivity (Wildman–Crippen MR) is 162 cm³/mol. The first-order valence-corrected chi connectivity index (χ1v) is 14.1. The third kappa shape index (κ3) is 5.20. The van der Waals surface area contributed by atoms with Gasteiger partial charge in [0, 0.05) is 35.1 Å². The minimum atomic E-state index is -0.832. The molecule has 11 nitrogen and oxygen atoms in total. The Morgan fingerprint density at radius 1 is 0.932 bits per heavy atom. The molecule has 6 rings (SSSR count). The molecule has 0 fully saturated rings. The lowest BCUT2D eigenvalue weighted by Gasteiger charge is -2.14. The first-order chi connectivity index (χ1) is 21.3. The van der Waals surface area contributed by atoms with E-state index in [-0.39, 0.29) is 21.6 Å². The molecule has 44 heavy (non-hydrogen) atoms. The van der Waals surface area contributed by atoms with Crippen molar-refractivity contribution in [3.05, 3.63) is 117 Å². The van der Waals surface area contributed by atoms with Gasteiger partial charge in [-0.15, -0.1) is 21.5 Å². The second-order valence-electron chi connectivity index (χ2n) is 10.1. The number of hydrogen-bond donors (Lipinski definition) is 1. The summed E-state index contributed by atoms with van der Waals surface area (Å²) in [6, 6.07) is 15.2. The van der Waals surface area contributed by atoms with Crippen molar-refractivity contribution in [3.8, 4) is 22.1 Å². The molecule has 4 aromatic heterocycles. The van der Waals surface area contributed by atoms with Crippen LogP contribution in [0.25, 0.3) is 32.3 Å². The highest BCUT2D eigenvalue weighted by Gasteiger charge is 2.25. The van der Waals surface area contributed by atoms with Gasteiger partial charge in [-0.3, -0.25) is 14.2 Å². The number of amides is 1. The molecule has 0 aliphatic carbocycles. The predicted octanol–water partition coefficient (Wildman–Crippen LogP) is 3.81. The van der Waals surface area contributed by atoms with Crippen LogP contribution in [-0.4, -0.2) is 54.5 Å². The molecule has 6 aromatic rings. The highest BCUT2D eigenvalue weighted by molar-refractivity contribution is 7.22. The van der Waals surface area contributed by atoms with Crippen molar-refractivity contribution < 1.29 is 13.6 Å². The number of rotatable bonds is 9. The lowest BCUT2D eigenvalue weighted by Crippen LogP contribution is -2.40. The number of aromatic nitrogens is 6. The van der Waals surface area contributed by atoms with Crippen LogP contribution < -0.4 is 16.6 Å². The summed E-state index contributed by atoms with van der Waals surface area (Å²) in [4.78, 5) is 42.0. The van der Waals surface area contributed by atoms with Gasteiger partial charge in [0.25, 0.3) is 5.56 Å². The molecular weight excluding hydrogens is 590 g/mol. The molecule has 4 heterocycles. The van der Waals surface area contributed by atoms with E-state index in [4.69, 9.17) is 0 Å². The monoisotopic (exact) mass is 614 g/mol. The molecule has 0 spiro atoms. The first kappa shape index (κ1) is 28.8. The van der Waals surface area contributed by atoms with Crippen LogP contribution in [-0.2, 0) is 17.9 Å². The lowest BCUT2D eigenvalue weighted by atomic mass is 10.1. The van der Waals surface area contributed by atoms with E-state index < -0.39 is 29.4 Å². The van der Waals surface area contributed by atoms with Crippen molar-refractivity contribution in [2.24, 2.45) is 0 Å². The molecule has 0 unspecified atom stereocenters. The maximum Gasteiger partial charge on any atom is 0.338 e. The van der Waals surface area contributed by atoms with Crippen LogP contribution >= 0.6 is 11.3 Å². The number of nitrogens with one attached hydrogen (secondary N) is 1. The van der Waals surface area contributed by atoms with Gasteiger partial charge < -0.3 is 10.2 Å². The number of benzene rings is 2. The van der Waals surface area contributed by atoms with Gasteiger partial charge in [0.2, 0.25) is 6.41 Å². The van der Waals surface area contributed by atoms with E-state index in [1.807, 2.05) is 19.0 Å². The van der Waals surface area contributed by atoms with Crippen LogP contribution in [0.3, 0.4) is 0 Å². The SMILES string of the molecule is CN(C)Cc1c(-c2ccc(NC=O)cc2)sc2c1c(=O)n(-c1ccc(-n3cccn3)nn1)c(=O)n2Cc1c(F)cccc1F. The first-order valence-electron chi connectivity index (χ1n) is 13.3. The third-order valence-electron chi connectivity index (χ3n) is 6.90. The molecule has 1 N–H and O–H groups in total. The van der Waals surface area contributed by atoms with Crippen LogP contribution in [0.4, 0.5) is 14.5 Å². The van der Waals surface area contributed by atoms with Crippen molar-refractivity contribution in [2.75, 3.05) is 19.4 Å². The Kier molecular flexibility index (Phi) is 7.67. The van der Waals surface area contributed by atoms with Gasteiger partial charge in [0.05, 0.1) is 11.9 Å². The normalized spacial score (nSPS) is 11.4. The molecule has 0 atom stereocenters. The van der Waals surface area contributed by atoms with E-state index in [9.17, 15) is 23.2 Å². The Labute approximate surface area is 252 Å². The minimum Gasteiger partial charge on any atom is -0.329 e. The Balaban J connectivity index is 1.64. The van der Waals surface area contributed by atoms with Crippen LogP contribution in [0.15, 0.2) is 82.6 Å². The van der Waals surface area contributed by atoms with Crippen molar-refractivity contribution in [1.82, 2.24) is 34.0 Å². The Bertz CT molecular complexity index is 2080. The number of fused-ring (bicyclic) bond motifs is 1. The second kappa shape index (κ2) is 11.7. The highest BCUT2D eigenvalue weighted by Crippen LogP contribution is 2.38. The summed E-state index contributed by atoms with van der Waals surface area (Å²) in [7, 11) is 3.68. The molecule has 2 aromatic carbocycles. The van der Waals surface area contributed by atoms with Gasteiger partial charge in [0.1, 0.15) is 16.5 Å². The Hall–Kier alpha value is -5.34. The van der Waals surface area contributed by atoms with E-state index in [0.717, 1.165) is 22.3 Å². The molecule has 0 aliphatic heterocycles. The molecule has 14 heteroatoms. The van der Waals surface area contributed by atoms with Gasteiger partial charge in [-0.05, 0) is 67.7 Å². The number of anilines is 1. The topological polar surface area (TPSA) is 120 Å². The van der Waals surface area contributed by atoms with Crippen LogP contribution in [0.1, 0.15) is 11.1 Å². The number of carbonyl (C=O) groups is 1. The summed E-state index contributed by atoms with van der Waals surface area (Å²) in [6.45, 7) is -0.161. The number of thiophene rings is 1. The standard InChI is InChI=1S/C30H24F2N8O3S/c1-37(2)15-21-26-28(42)40(25-12-11-24(35-36-25)39-14-4-13-34-39)30(43)38(16-20-22(31)5-3-6-23(20)32)29(26)44-27(21)18-7-9-19(10-8-18)33-17-41/h3-14,17H,15-16H2,1-2H3,(H,33,41). The molecule has 0 saturated carbocycles. The quantitative estimate of drug-likeness (QED) is 0.246. The van der Waals surface area contributed by atoms with Crippen molar-refractivity contribution >= 4 is 33.7 Å². The largest absolute Gasteiger partial charge is 0.338 e. The molecule has 0 bridgehead atoms. The summed E-state index contributed by atoms with van der Waals surface area (Å²) in [5.74, 6) is -1.35. The zero-order chi connectivity index (χ0) is 31.0. The summed E-state index contributed by atoms with van der Waals surface area (Å²) in [6.07, 6.45) is 3.81. The fourth-order valence-corrected chi connectivity index (χ4v) is 6.20. The molecule has 0 saturated heterocycles. The summed E-state index contributed by atoms with van der Waals surface area (Å²) in [5, 5.41) is 15.2. The van der Waals surface area contributed by atoms with E-state index in [0.29, 0.717) is 34.9 Å². The van der Waals surface area contributed by atoms with Crippen LogP contribution in [0.2, 0.25) is 0 Å². The van der Waals surface area contributed by atoms with Gasteiger partial charge >= 0.3 is 5.69 Å². The molecular formula is C30H24F2N8O3S. The van der Waals surface area contributed by atoms with Crippen LogP contribution in [0.5, 0.6) is 0 Å². The minimum absolute atomic E-state index is 0.0617. The van der Waals surface area contributed by atoms with Gasteiger partial charge in [-0.1, -0.05) is 18.2 Å². The second-order valence-corrected chi connectivity index (χ2v) is 11.1. The molecule has 1 amide bonds. The summed E-state index contributed by atoms with van der Waals surface area (Å²) >= 11 is 1.17. The highest BCUT2D eigenvalue weighted by atomic mass is 32.1. The summed E-state index contributed by atoms with van der Waals surface area (Å²) < 4.78 is 33.3. The van der Waals surface area contributed by atoms with Crippen molar-refractivity contribution in [3.63, 3.8) is 0 Å². The summed E-state index contributed by atoms with van der Waals surface area (Å²) in [5.41, 5.74) is 0.120. The van der Waals surface area contributed by atoms with Crippen molar-refractivity contribution in [1.29, 1.82) is 0 Å². The number of carbonyl (C=O) groups excluding carboxylic acids is 1. The smallest absolute Gasteiger partial charge is 0.329 e. The molecule has 0 radical (unpaired) electrons. The maximum atomic E-state index is 14.9. The average Bonchev–Trinajstić information content (AvgIpc) is 3.67. The van der Waals surface area contributed by atoms with E-state index in [1.165, 1.54) is 32.7 Å². The zero-order valence-electron chi connectivity index (χ0n) is 23.4. The Morgan fingerprint density at radius 2 is 1.64 bits per heavy atom. The zero-order valence-corrected chi connectivity index (χ0v) is 24.3.